The van der Waals surface area contributed by atoms with Gasteiger partial charge in [0, 0.05) is 0 Å². The van der Waals surface area contributed by atoms with Crippen LogP contribution in [0.1, 0.15) is 27.2 Å². The topological polar surface area (TPSA) is 0 Å². The summed E-state index contributed by atoms with van der Waals surface area (Å²) in [6.45, 7) is 6.96. The maximum atomic E-state index is 2.46. The van der Waals surface area contributed by atoms with Gasteiger partial charge < -0.3 is 0 Å². The van der Waals surface area contributed by atoms with Crippen molar-refractivity contribution < 1.29 is 0 Å². The summed E-state index contributed by atoms with van der Waals surface area (Å²) in [6.07, 6.45) is 3.87. The first-order valence-corrected chi connectivity index (χ1v) is 3.55. The van der Waals surface area contributed by atoms with E-state index in [1.54, 1.807) is 0 Å². The van der Waals surface area contributed by atoms with Crippen molar-refractivity contribution in [1.82, 2.24) is 0 Å². The van der Waals surface area contributed by atoms with E-state index in [1.807, 2.05) is 0 Å². The molecule has 1 fully saturated rings. The first-order chi connectivity index (χ1) is 3.70. The van der Waals surface area contributed by atoms with Crippen LogP contribution in [0, 0.1) is 24.2 Å². The molecule has 0 nitrogen and oxygen atoms in total. The summed E-state index contributed by atoms with van der Waals surface area (Å²) in [5.74, 6) is 2.68. The van der Waals surface area contributed by atoms with Crippen LogP contribution in [0.25, 0.3) is 0 Å². The van der Waals surface area contributed by atoms with Gasteiger partial charge in [0.25, 0.3) is 0 Å². The Bertz CT molecular complexity index is 66.1. The summed E-state index contributed by atoms with van der Waals surface area (Å²) in [6, 6.07) is 0. The molecule has 0 amide bonds. The minimum absolute atomic E-state index is 0.866. The third-order valence-corrected chi connectivity index (χ3v) is 2.27. The van der Waals surface area contributed by atoms with Gasteiger partial charge >= 0.3 is 0 Å². The zero-order valence-corrected chi connectivity index (χ0v) is 6.02. The highest BCUT2D eigenvalue weighted by atomic mass is 14.3. The van der Waals surface area contributed by atoms with Gasteiger partial charge in [0.15, 0.2) is 0 Å². The molecule has 0 aromatic rings. The van der Waals surface area contributed by atoms with E-state index < -0.39 is 0 Å². The predicted molar refractivity (Wildman–Crippen MR) is 36.4 cm³/mol. The SMILES string of the molecule is CC1[CH]C(C)C(C)C1. The Morgan fingerprint density at radius 2 is 1.88 bits per heavy atom. The van der Waals surface area contributed by atoms with E-state index in [1.165, 1.54) is 6.42 Å². The Morgan fingerprint density at radius 3 is 2.00 bits per heavy atom. The highest BCUT2D eigenvalue weighted by Crippen LogP contribution is 2.33. The Labute approximate surface area is 52.3 Å². The Hall–Kier alpha value is 0. The molecule has 1 aliphatic carbocycles. The lowest BCUT2D eigenvalue weighted by molar-refractivity contribution is 0.480. The minimum atomic E-state index is 0.866. The molecular weight excluding hydrogens is 96.1 g/mol. The average Bonchev–Trinajstić information content (AvgIpc) is 1.85. The highest BCUT2D eigenvalue weighted by Gasteiger charge is 2.24. The van der Waals surface area contributed by atoms with Crippen LogP contribution in [-0.2, 0) is 0 Å². The molecule has 1 rings (SSSR count). The van der Waals surface area contributed by atoms with Crippen LogP contribution < -0.4 is 0 Å². The molecule has 0 heteroatoms. The van der Waals surface area contributed by atoms with Gasteiger partial charge in [-0.2, -0.15) is 0 Å². The molecule has 3 atom stereocenters. The molecule has 0 aromatic heterocycles. The third kappa shape index (κ3) is 1.04. The highest BCUT2D eigenvalue weighted by molar-refractivity contribution is 4.90. The number of hydrogen-bond acceptors (Lipinski definition) is 0. The molecule has 1 radical (unpaired) electrons. The average molecular weight is 111 g/mol. The van der Waals surface area contributed by atoms with Crippen LogP contribution in [0.5, 0.6) is 0 Å². The Balaban J connectivity index is 2.39. The van der Waals surface area contributed by atoms with Crippen LogP contribution >= 0.6 is 0 Å². The van der Waals surface area contributed by atoms with Crippen LogP contribution in [-0.4, -0.2) is 0 Å². The summed E-state index contributed by atoms with van der Waals surface area (Å²) in [7, 11) is 0. The van der Waals surface area contributed by atoms with Gasteiger partial charge in [-0.25, -0.2) is 0 Å². The molecule has 0 aromatic carbocycles. The molecule has 1 saturated carbocycles. The molecule has 0 spiro atoms. The van der Waals surface area contributed by atoms with Gasteiger partial charge in [-0.3, -0.25) is 0 Å². The lowest BCUT2D eigenvalue weighted by Gasteiger charge is -2.04. The van der Waals surface area contributed by atoms with Gasteiger partial charge in [0.1, 0.15) is 0 Å². The monoisotopic (exact) mass is 111 g/mol. The maximum absolute atomic E-state index is 2.46. The molecule has 0 N–H and O–H groups in total. The fraction of sp³-hybridized carbons (Fsp3) is 0.875. The van der Waals surface area contributed by atoms with E-state index >= 15 is 0 Å². The summed E-state index contributed by atoms with van der Waals surface area (Å²) in [4.78, 5) is 0. The van der Waals surface area contributed by atoms with Crippen LogP contribution in [0.4, 0.5) is 0 Å². The molecular formula is C8H15. The lowest BCUT2D eigenvalue weighted by Crippen LogP contribution is -1.96. The van der Waals surface area contributed by atoms with Crippen molar-refractivity contribution in [3.8, 4) is 0 Å². The number of hydrogen-bond donors (Lipinski definition) is 0. The third-order valence-electron chi connectivity index (χ3n) is 2.27. The van der Waals surface area contributed by atoms with E-state index in [4.69, 9.17) is 0 Å². The van der Waals surface area contributed by atoms with Crippen molar-refractivity contribution in [2.75, 3.05) is 0 Å². The second-order valence-corrected chi connectivity index (χ2v) is 3.24. The molecule has 47 valence electrons. The maximum Gasteiger partial charge on any atom is -0.0326 e. The van der Waals surface area contributed by atoms with Gasteiger partial charge in [0.05, 0.1) is 0 Å². The zero-order valence-electron chi connectivity index (χ0n) is 6.02. The Kier molecular flexibility index (Phi) is 1.59. The van der Waals surface area contributed by atoms with Crippen molar-refractivity contribution in [2.45, 2.75) is 27.2 Å². The van der Waals surface area contributed by atoms with Gasteiger partial charge in [-0.1, -0.05) is 20.8 Å². The first-order valence-electron chi connectivity index (χ1n) is 3.55. The molecule has 0 heterocycles. The Morgan fingerprint density at radius 1 is 1.25 bits per heavy atom. The van der Waals surface area contributed by atoms with Crippen molar-refractivity contribution >= 4 is 0 Å². The first kappa shape index (κ1) is 6.12. The van der Waals surface area contributed by atoms with E-state index in [0.29, 0.717) is 0 Å². The second kappa shape index (κ2) is 2.08. The molecule has 8 heavy (non-hydrogen) atoms. The van der Waals surface area contributed by atoms with Crippen molar-refractivity contribution in [3.63, 3.8) is 0 Å². The summed E-state index contributed by atoms with van der Waals surface area (Å²) < 4.78 is 0. The van der Waals surface area contributed by atoms with E-state index in [-0.39, 0.29) is 0 Å². The molecule has 1 aliphatic rings. The minimum Gasteiger partial charge on any atom is -0.0622 e. The number of rotatable bonds is 0. The van der Waals surface area contributed by atoms with E-state index in [2.05, 4.69) is 27.2 Å². The predicted octanol–water partition coefficient (Wildman–Crippen LogP) is 2.50. The quantitative estimate of drug-likeness (QED) is 0.450. The smallest absolute Gasteiger partial charge is 0.0326 e. The largest absolute Gasteiger partial charge is 0.0622 e. The molecule has 0 bridgehead atoms. The summed E-state index contributed by atoms with van der Waals surface area (Å²) in [5.41, 5.74) is 0. The molecule has 3 unspecified atom stereocenters. The summed E-state index contributed by atoms with van der Waals surface area (Å²) >= 11 is 0. The fourth-order valence-electron chi connectivity index (χ4n) is 1.59. The van der Waals surface area contributed by atoms with Crippen LogP contribution in [0.3, 0.4) is 0 Å². The van der Waals surface area contributed by atoms with Crippen molar-refractivity contribution in [1.29, 1.82) is 0 Å². The molecule has 0 saturated heterocycles. The van der Waals surface area contributed by atoms with Crippen molar-refractivity contribution in [2.24, 2.45) is 17.8 Å². The standard InChI is InChI=1S/C8H15/c1-6-4-7(2)8(3)5-6/h4,6-8H,5H2,1-3H3. The second-order valence-electron chi connectivity index (χ2n) is 3.24. The van der Waals surface area contributed by atoms with Gasteiger partial charge in [0.2, 0.25) is 0 Å². The van der Waals surface area contributed by atoms with Crippen LogP contribution in [0.2, 0.25) is 0 Å². The van der Waals surface area contributed by atoms with Crippen LogP contribution in [0.15, 0.2) is 0 Å². The lowest BCUT2D eigenvalue weighted by atomic mass is 10.0. The van der Waals surface area contributed by atoms with Gasteiger partial charge in [-0.05, 0) is 30.6 Å². The normalized spacial score (nSPS) is 47.6. The molecule has 0 aliphatic heterocycles. The fourth-order valence-corrected chi connectivity index (χ4v) is 1.59. The van der Waals surface area contributed by atoms with Crippen molar-refractivity contribution in [3.05, 3.63) is 6.42 Å². The van der Waals surface area contributed by atoms with Gasteiger partial charge in [-0.15, -0.1) is 0 Å². The van der Waals surface area contributed by atoms with E-state index in [0.717, 1.165) is 17.8 Å². The zero-order chi connectivity index (χ0) is 6.15. The van der Waals surface area contributed by atoms with E-state index in [9.17, 15) is 0 Å². The summed E-state index contributed by atoms with van der Waals surface area (Å²) in [5, 5.41) is 0.